The van der Waals surface area contributed by atoms with Crippen LogP contribution < -0.4 is 9.47 Å². The summed E-state index contributed by atoms with van der Waals surface area (Å²) in [6, 6.07) is 94.9. The van der Waals surface area contributed by atoms with Gasteiger partial charge >= 0.3 is 0 Å². The predicted octanol–water partition coefficient (Wildman–Crippen LogP) is 38.5. The van der Waals surface area contributed by atoms with E-state index in [9.17, 15) is 0 Å². The van der Waals surface area contributed by atoms with E-state index in [0.29, 0.717) is 0 Å². The van der Waals surface area contributed by atoms with Crippen LogP contribution >= 0.6 is 272 Å². The molecule has 2 aliphatic heterocycles. The molecule has 12 aromatic carbocycles. The van der Waals surface area contributed by atoms with Gasteiger partial charge in [0, 0.05) is 59.9 Å². The lowest BCUT2D eigenvalue weighted by molar-refractivity contribution is 0.454. The van der Waals surface area contributed by atoms with Crippen LogP contribution in [0.2, 0.25) is 0 Å². The van der Waals surface area contributed by atoms with Crippen molar-refractivity contribution in [3.8, 4) is 51.2 Å². The Morgan fingerprint density at radius 3 is 1.10 bits per heavy atom. The molecule has 0 radical (unpaired) electrons. The first-order valence-electron chi connectivity index (χ1n) is 33.6. The molecule has 15 aromatic rings. The van der Waals surface area contributed by atoms with Gasteiger partial charge in [0.2, 0.25) is 0 Å². The second-order valence-electron chi connectivity index (χ2n) is 24.9. The van der Waals surface area contributed by atoms with E-state index < -0.39 is 0 Å². The van der Waals surface area contributed by atoms with Crippen LogP contribution in [-0.4, -0.2) is 13.7 Å². The molecule has 18 atom stereocenters. The smallest absolute Gasteiger partial charge is 0.143 e. The maximum atomic E-state index is 6.35. The highest BCUT2D eigenvalue weighted by molar-refractivity contribution is 9.43. The molecule has 5 nitrogen and oxygen atoms in total. The fraction of sp³-hybridized carbons (Fsp3) is 0.0270. The first-order valence-corrected chi connectivity index (χ1v) is 88.3. The molecule has 0 N–H and O–H groups in total. The summed E-state index contributed by atoms with van der Waals surface area (Å²) in [5.41, 5.74) is 16.4. The Kier molecular flexibility index (Phi) is 33.9. The number of hydrogen-bond acceptors (Lipinski definition) is 4. The Morgan fingerprint density at radius 1 is 0.297 bits per heavy atom. The van der Waals surface area contributed by atoms with Crippen LogP contribution in [0.25, 0.3) is 93.6 Å². The van der Waals surface area contributed by atoms with Crippen LogP contribution in [0.3, 0.4) is 0 Å². The molecule has 1 aliphatic carbocycles. The fourth-order valence-electron chi connectivity index (χ4n) is 13.7. The summed E-state index contributed by atoms with van der Waals surface area (Å²) in [7, 11) is 50.2. The van der Waals surface area contributed by atoms with Gasteiger partial charge < -0.3 is 23.2 Å². The maximum Gasteiger partial charge on any atom is 0.143 e. The summed E-state index contributed by atoms with van der Waals surface area (Å²) >= 11 is 6.95. The number of hydrogen-bond donors (Lipinski definition) is 0. The molecule has 18 unspecified atom stereocenters. The van der Waals surface area contributed by atoms with E-state index in [1.807, 2.05) is 42.5 Å². The van der Waals surface area contributed by atoms with E-state index >= 15 is 0 Å². The second-order valence-corrected chi connectivity index (χ2v) is 143. The lowest BCUT2D eigenvalue weighted by atomic mass is 10.1. The van der Waals surface area contributed by atoms with Gasteiger partial charge in [0.15, 0.2) is 0 Å². The van der Waals surface area contributed by atoms with E-state index in [4.69, 9.17) is 9.47 Å². The number of aromatic nitrogens is 3. The van der Waals surface area contributed by atoms with E-state index in [0.717, 1.165) is 67.9 Å². The van der Waals surface area contributed by atoms with Crippen molar-refractivity contribution in [3.63, 3.8) is 0 Å². The highest BCUT2D eigenvalue weighted by atomic mass is 79.9. The van der Waals surface area contributed by atoms with Gasteiger partial charge in [-0.05, 0) is 235 Å². The third kappa shape index (κ3) is 19.9. The number of nitrogens with zero attached hydrogens (tertiary/aromatic N) is 3. The van der Waals surface area contributed by atoms with Crippen molar-refractivity contribution in [2.75, 3.05) is 0 Å². The van der Waals surface area contributed by atoms with Gasteiger partial charge in [0.05, 0.1) is 52.7 Å². The number of para-hydroxylation sites is 7. The van der Waals surface area contributed by atoms with Crippen LogP contribution in [0, 0.1) is 0 Å². The molecule has 5 heterocycles. The summed E-state index contributed by atoms with van der Waals surface area (Å²) < 4.78 is 20.3. The van der Waals surface area contributed by atoms with Crippen molar-refractivity contribution in [3.05, 3.63) is 283 Å². The third-order valence-corrected chi connectivity index (χ3v) is 212. The van der Waals surface area contributed by atoms with Crippen LogP contribution in [0.15, 0.2) is 291 Å². The van der Waals surface area contributed by atoms with Crippen molar-refractivity contribution in [1.29, 1.82) is 0 Å². The molecule has 0 spiro atoms. The minimum Gasteiger partial charge on any atom is -0.455 e. The summed E-state index contributed by atoms with van der Waals surface area (Å²) in [4.78, 5) is 4.62. The first kappa shape index (κ1) is 90.5. The predicted molar refractivity (Wildman–Crippen MR) is 590 cm³/mol. The van der Waals surface area contributed by atoms with Crippen molar-refractivity contribution in [1.82, 2.24) is 13.7 Å². The van der Waals surface area contributed by atoms with Crippen molar-refractivity contribution in [2.45, 2.75) is 33.4 Å². The molecule has 3 aromatic heterocycles. The van der Waals surface area contributed by atoms with E-state index in [2.05, 4.69) is 388 Å². The van der Waals surface area contributed by atoms with Crippen molar-refractivity contribution >= 4 is 338 Å². The number of halogens is 1. The number of benzene rings is 12. The Balaban J connectivity index is 0.000000129. The van der Waals surface area contributed by atoms with Gasteiger partial charge in [-0.15, -0.1) is 134 Å². The summed E-state index contributed by atoms with van der Waals surface area (Å²) in [6.45, 7) is 0.173. The molecule has 568 valence electrons. The van der Waals surface area contributed by atoms with Crippen molar-refractivity contribution < 1.29 is 9.47 Å². The largest absolute Gasteiger partial charge is 0.455 e. The van der Waals surface area contributed by atoms with Gasteiger partial charge in [-0.25, -0.2) is 0 Å². The topological polar surface area (TPSA) is 33.2 Å². The molecule has 18 rings (SSSR count). The SMILES string of the molecule is Brc1ccc2c(c1)Oc1ccccc1S2.C.PPP(P(P)P)P(P(P(P)P)P(P)P)P(P(P(P)P)P(P)P)P(P(P)P)P(P)P.c1ccc2c(c1)Cc1ccc(-n3c4ccccc4c4ccccc43)cc1-2.c1ccc2c(c1)Oc1cc(-n3c4ccccc4c4cc(-n5c6ccccc6c6ccccc65)ccc43)ccc1S2. The molecule has 37 heteroatoms. The summed E-state index contributed by atoms with van der Waals surface area (Å²) in [5, 5.41) is 7.63. The summed E-state index contributed by atoms with van der Waals surface area (Å²) in [5.74, 6) is 3.67. The van der Waals surface area contributed by atoms with Gasteiger partial charge in [-0.2, -0.15) is 0 Å². The highest BCUT2D eigenvalue weighted by Crippen LogP contribution is 3.37. The molecule has 0 saturated heterocycles. The molecule has 0 fully saturated rings. The van der Waals surface area contributed by atoms with Crippen LogP contribution in [-0.2, 0) is 6.42 Å². The zero-order chi connectivity index (χ0) is 76.8. The fourth-order valence-corrected chi connectivity index (χ4v) is 394. The minimum absolute atomic E-state index is 0. The normalized spacial score (nSPS) is 13.4. The standard InChI is InChI=1S/C36H22N2OS.C25H17N.C12H7BrOS.CH4.H31P29/c1-4-12-29-25(9-1)26-10-2-5-13-30(26)37(29)23-17-19-32-28(21-23)27-11-3-6-14-31(27)38(32)24-18-20-36-34(22-24)39-33-15-7-8-16-35(33)40-36;1-2-8-20-17(7-1)15-18-13-14-19(16-23(18)20)26-24-11-5-3-9-21(24)22-10-4-6-12-25(22)26;13-8-5-6-12-10(7-8)14-9-3-1-2-4-11(9)15-12;;1-16-24(17(2)3)28(25(18(4)5)19(6)7)29(26(20(8)9)21(10)11)27(22(12)13)23(14)15/h1-22H;1-14,16H,15H2;1-7H;1H4;16H,1-15H2. The zero-order valence-corrected chi connectivity index (χ0v) is 91.6. The molecule has 3 aliphatic rings. The molecule has 0 bridgehead atoms. The second kappa shape index (κ2) is 41.6. The quantitative estimate of drug-likeness (QED) is 0.0903. The van der Waals surface area contributed by atoms with Gasteiger partial charge in [-0.1, -0.05) is 200 Å². The Labute approximate surface area is 720 Å². The van der Waals surface area contributed by atoms with E-state index in [1.165, 1.54) is 98.3 Å². The monoisotopic (exact) mass is 2080 g/mol. The first-order chi connectivity index (χ1) is 53.3. The van der Waals surface area contributed by atoms with Crippen LogP contribution in [0.4, 0.5) is 0 Å². The average molecular weight is 2090 g/mol. The third-order valence-electron chi connectivity index (χ3n) is 18.2. The molecule has 111 heavy (non-hydrogen) atoms. The number of ether oxygens (including phenoxy) is 2. The molecule has 0 saturated carbocycles. The van der Waals surface area contributed by atoms with Crippen LogP contribution in [0.5, 0.6) is 23.0 Å². The molecule has 0 amide bonds. The minimum atomic E-state index is -0.0415. The van der Waals surface area contributed by atoms with E-state index in [-0.39, 0.29) is 98.3 Å². The Morgan fingerprint density at radius 2 is 0.640 bits per heavy atom. The lowest BCUT2D eigenvalue weighted by Gasteiger charge is -2.51. The van der Waals surface area contributed by atoms with E-state index in [1.54, 1.807) is 23.5 Å². The van der Waals surface area contributed by atoms with Crippen molar-refractivity contribution in [2.24, 2.45) is 0 Å². The Bertz CT molecular complexity index is 5750. The van der Waals surface area contributed by atoms with Crippen LogP contribution in [0.1, 0.15) is 18.6 Å². The maximum absolute atomic E-state index is 6.35. The number of rotatable bonds is 16. The lowest BCUT2D eigenvalue weighted by Crippen LogP contribution is -1.99. The molecular formula is C74H81BrN3O2P29S2. The van der Waals surface area contributed by atoms with Gasteiger partial charge in [0.25, 0.3) is 0 Å². The Hall–Kier alpha value is 3.29. The highest BCUT2D eigenvalue weighted by Gasteiger charge is 2.50. The van der Waals surface area contributed by atoms with Gasteiger partial charge in [-0.3, -0.25) is 0 Å². The van der Waals surface area contributed by atoms with Gasteiger partial charge in [0.1, 0.15) is 23.0 Å². The molecular weight excluding hydrogens is 2010 g/mol. The summed E-state index contributed by atoms with van der Waals surface area (Å²) in [6.07, 6.45) is 1.04. The average Bonchev–Trinajstić information content (AvgIpc) is 1.61. The zero-order valence-electron chi connectivity index (χ0n) is 58.4. The number of fused-ring (bicyclic) bond motifs is 16.